The largest absolute Gasteiger partial charge is 0.344 e. The van der Waals surface area contributed by atoms with Crippen LogP contribution in [0.4, 0.5) is 0 Å². The van der Waals surface area contributed by atoms with Crippen LogP contribution in [0.25, 0.3) is 0 Å². The van der Waals surface area contributed by atoms with Crippen LogP contribution in [-0.4, -0.2) is 21.1 Å². The molecule has 18 heavy (non-hydrogen) atoms. The number of aromatic amines is 1. The highest BCUT2D eigenvalue weighted by molar-refractivity contribution is 5.92. The number of rotatable bonds is 3. The minimum atomic E-state index is -0.284. The predicted molar refractivity (Wildman–Crippen MR) is 63.4 cm³/mol. The molecule has 6 heteroatoms. The third kappa shape index (κ3) is 2.52. The molecule has 2 aromatic heterocycles. The van der Waals surface area contributed by atoms with Gasteiger partial charge in [0.15, 0.2) is 0 Å². The summed E-state index contributed by atoms with van der Waals surface area (Å²) in [7, 11) is 0. The Morgan fingerprint density at radius 2 is 2.33 bits per heavy atom. The number of aromatic nitrogens is 3. The van der Waals surface area contributed by atoms with Gasteiger partial charge in [0.2, 0.25) is 0 Å². The van der Waals surface area contributed by atoms with E-state index in [1.807, 2.05) is 13.0 Å². The van der Waals surface area contributed by atoms with Crippen molar-refractivity contribution in [2.24, 2.45) is 0 Å². The molecule has 0 bridgehead atoms. The molecule has 0 aliphatic heterocycles. The van der Waals surface area contributed by atoms with E-state index < -0.39 is 0 Å². The summed E-state index contributed by atoms with van der Waals surface area (Å²) in [5.41, 5.74) is 1.59. The minimum absolute atomic E-state index is 0.159. The fourth-order valence-corrected chi connectivity index (χ4v) is 1.45. The van der Waals surface area contributed by atoms with Crippen LogP contribution >= 0.6 is 0 Å². The Balaban J connectivity index is 2.05. The number of amides is 1. The number of nitrogens with one attached hydrogen (secondary N) is 2. The molecule has 0 saturated carbocycles. The van der Waals surface area contributed by atoms with Gasteiger partial charge < -0.3 is 5.32 Å². The van der Waals surface area contributed by atoms with E-state index in [0.717, 1.165) is 5.56 Å². The molecule has 0 radical (unpaired) electrons. The van der Waals surface area contributed by atoms with Gasteiger partial charge in [-0.2, -0.15) is 10.4 Å². The fraction of sp³-hybridized carbons (Fsp3) is 0.167. The van der Waals surface area contributed by atoms with Crippen molar-refractivity contribution in [2.75, 3.05) is 0 Å². The van der Waals surface area contributed by atoms with E-state index >= 15 is 0 Å². The SMILES string of the molecule is CC(NC(=O)c1ccc(C#N)cn1)c1cn[nH]c1. The van der Waals surface area contributed by atoms with Crippen LogP contribution in [-0.2, 0) is 0 Å². The average Bonchev–Trinajstić information content (AvgIpc) is 2.92. The van der Waals surface area contributed by atoms with Crippen molar-refractivity contribution in [1.82, 2.24) is 20.5 Å². The lowest BCUT2D eigenvalue weighted by Gasteiger charge is -2.11. The average molecular weight is 241 g/mol. The Morgan fingerprint density at radius 3 is 2.89 bits per heavy atom. The topological polar surface area (TPSA) is 94.5 Å². The zero-order chi connectivity index (χ0) is 13.0. The van der Waals surface area contributed by atoms with Crippen LogP contribution in [0.3, 0.4) is 0 Å². The summed E-state index contributed by atoms with van der Waals surface area (Å²) < 4.78 is 0. The summed E-state index contributed by atoms with van der Waals surface area (Å²) in [5, 5.41) is 17.9. The summed E-state index contributed by atoms with van der Waals surface area (Å²) >= 11 is 0. The summed E-state index contributed by atoms with van der Waals surface area (Å²) in [5.74, 6) is -0.284. The van der Waals surface area contributed by atoms with Gasteiger partial charge in [-0.25, -0.2) is 4.98 Å². The molecule has 0 saturated heterocycles. The molecule has 0 aliphatic carbocycles. The molecule has 6 nitrogen and oxygen atoms in total. The number of carbonyl (C=O) groups is 1. The molecule has 0 aromatic carbocycles. The Kier molecular flexibility index (Phi) is 3.34. The van der Waals surface area contributed by atoms with Crippen molar-refractivity contribution in [2.45, 2.75) is 13.0 Å². The quantitative estimate of drug-likeness (QED) is 0.843. The molecule has 0 aliphatic rings. The molecule has 1 amide bonds. The van der Waals surface area contributed by atoms with Crippen LogP contribution < -0.4 is 5.32 Å². The van der Waals surface area contributed by atoms with Crippen LogP contribution in [0.5, 0.6) is 0 Å². The monoisotopic (exact) mass is 241 g/mol. The molecule has 1 atom stereocenters. The lowest BCUT2D eigenvalue weighted by molar-refractivity contribution is 0.0935. The van der Waals surface area contributed by atoms with Crippen molar-refractivity contribution in [1.29, 1.82) is 5.26 Å². The molecule has 2 N–H and O–H groups in total. The zero-order valence-corrected chi connectivity index (χ0v) is 9.71. The van der Waals surface area contributed by atoms with E-state index in [2.05, 4.69) is 20.5 Å². The van der Waals surface area contributed by atoms with E-state index in [1.165, 1.54) is 12.3 Å². The zero-order valence-electron chi connectivity index (χ0n) is 9.71. The number of nitriles is 1. The Bertz CT molecular complexity index is 568. The van der Waals surface area contributed by atoms with Gasteiger partial charge in [0.1, 0.15) is 11.8 Å². The van der Waals surface area contributed by atoms with Gasteiger partial charge in [-0.1, -0.05) is 0 Å². The van der Waals surface area contributed by atoms with E-state index in [0.29, 0.717) is 5.56 Å². The highest BCUT2D eigenvalue weighted by atomic mass is 16.1. The number of hydrogen-bond acceptors (Lipinski definition) is 4. The van der Waals surface area contributed by atoms with Crippen LogP contribution in [0.15, 0.2) is 30.7 Å². The smallest absolute Gasteiger partial charge is 0.270 e. The van der Waals surface area contributed by atoms with Crippen molar-refractivity contribution in [3.05, 3.63) is 47.5 Å². The van der Waals surface area contributed by atoms with Gasteiger partial charge in [0.25, 0.3) is 5.91 Å². The lowest BCUT2D eigenvalue weighted by atomic mass is 10.2. The molecule has 2 aromatic rings. The van der Waals surface area contributed by atoms with Gasteiger partial charge in [-0.3, -0.25) is 9.89 Å². The number of pyridine rings is 1. The third-order valence-corrected chi connectivity index (χ3v) is 2.49. The second-order valence-electron chi connectivity index (χ2n) is 3.77. The number of carbonyl (C=O) groups excluding carboxylic acids is 1. The van der Waals surface area contributed by atoms with Crippen molar-refractivity contribution >= 4 is 5.91 Å². The highest BCUT2D eigenvalue weighted by Gasteiger charge is 2.12. The first-order valence-electron chi connectivity index (χ1n) is 5.36. The first kappa shape index (κ1) is 11.8. The molecule has 2 heterocycles. The number of H-pyrrole nitrogens is 1. The Labute approximate surface area is 104 Å². The van der Waals surface area contributed by atoms with Crippen molar-refractivity contribution in [3.63, 3.8) is 0 Å². The maximum atomic E-state index is 11.9. The van der Waals surface area contributed by atoms with Crippen molar-refractivity contribution < 1.29 is 4.79 Å². The highest BCUT2D eigenvalue weighted by Crippen LogP contribution is 2.10. The molecule has 1 unspecified atom stereocenters. The summed E-state index contributed by atoms with van der Waals surface area (Å²) in [6.45, 7) is 1.85. The lowest BCUT2D eigenvalue weighted by Crippen LogP contribution is -2.27. The second-order valence-corrected chi connectivity index (χ2v) is 3.77. The normalized spacial score (nSPS) is 11.6. The summed E-state index contributed by atoms with van der Waals surface area (Å²) in [4.78, 5) is 15.8. The molecular weight excluding hydrogens is 230 g/mol. The minimum Gasteiger partial charge on any atom is -0.344 e. The van der Waals surface area contributed by atoms with Gasteiger partial charge >= 0.3 is 0 Å². The molecule has 2 rings (SSSR count). The van der Waals surface area contributed by atoms with Crippen molar-refractivity contribution in [3.8, 4) is 6.07 Å². The number of hydrogen-bond donors (Lipinski definition) is 2. The van der Waals surface area contributed by atoms with Gasteiger partial charge in [0.05, 0.1) is 17.8 Å². The Hall–Kier alpha value is -2.68. The first-order valence-corrected chi connectivity index (χ1v) is 5.36. The fourth-order valence-electron chi connectivity index (χ4n) is 1.45. The van der Waals surface area contributed by atoms with Crippen LogP contribution in [0.1, 0.15) is 34.6 Å². The Morgan fingerprint density at radius 1 is 1.50 bits per heavy atom. The predicted octanol–water partition coefficient (Wildman–Crippen LogP) is 1.17. The van der Waals surface area contributed by atoms with E-state index in [-0.39, 0.29) is 17.6 Å². The molecular formula is C12H11N5O. The molecule has 0 spiro atoms. The summed E-state index contributed by atoms with van der Waals surface area (Å²) in [6, 6.07) is 4.87. The van der Waals surface area contributed by atoms with Gasteiger partial charge in [0, 0.05) is 18.0 Å². The van der Waals surface area contributed by atoms with Crippen LogP contribution in [0.2, 0.25) is 0 Å². The van der Waals surface area contributed by atoms with Gasteiger partial charge in [-0.15, -0.1) is 0 Å². The third-order valence-electron chi connectivity index (χ3n) is 2.49. The molecule has 0 fully saturated rings. The first-order chi connectivity index (χ1) is 8.70. The molecule has 90 valence electrons. The maximum absolute atomic E-state index is 11.9. The van der Waals surface area contributed by atoms with E-state index in [9.17, 15) is 4.79 Å². The van der Waals surface area contributed by atoms with E-state index in [1.54, 1.807) is 18.5 Å². The standard InChI is InChI=1S/C12H11N5O/c1-8(10-6-15-16-7-10)17-12(18)11-3-2-9(4-13)5-14-11/h2-3,5-8H,1H3,(H,15,16)(H,17,18). The van der Waals surface area contributed by atoms with E-state index in [4.69, 9.17) is 5.26 Å². The summed E-state index contributed by atoms with van der Waals surface area (Å²) in [6.07, 6.45) is 4.74. The number of nitrogens with zero attached hydrogens (tertiary/aromatic N) is 3. The maximum Gasteiger partial charge on any atom is 0.270 e. The second kappa shape index (κ2) is 5.10. The van der Waals surface area contributed by atoms with Crippen LogP contribution in [0, 0.1) is 11.3 Å². The van der Waals surface area contributed by atoms with Gasteiger partial charge in [-0.05, 0) is 19.1 Å².